The summed E-state index contributed by atoms with van der Waals surface area (Å²) in [5, 5.41) is 3.14. The third-order valence-corrected chi connectivity index (χ3v) is 4.91. The van der Waals surface area contributed by atoms with E-state index in [0.717, 1.165) is 12.5 Å². The number of fused-ring (bicyclic) bond motifs is 1. The Morgan fingerprint density at radius 2 is 1.97 bits per heavy atom. The van der Waals surface area contributed by atoms with Crippen LogP contribution in [-0.4, -0.2) is 36.3 Å². The van der Waals surface area contributed by atoms with Crippen LogP contribution in [0.25, 0.3) is 22.3 Å². The van der Waals surface area contributed by atoms with Crippen LogP contribution in [0.2, 0.25) is 0 Å². The predicted octanol–water partition coefficient (Wildman–Crippen LogP) is 3.80. The summed E-state index contributed by atoms with van der Waals surface area (Å²) in [6.45, 7) is 2.24. The maximum absolute atomic E-state index is 14.4. The van der Waals surface area contributed by atoms with Crippen molar-refractivity contribution in [2.24, 2.45) is 5.73 Å². The number of benzene rings is 2. The van der Waals surface area contributed by atoms with Gasteiger partial charge < -0.3 is 20.8 Å². The van der Waals surface area contributed by atoms with Crippen molar-refractivity contribution in [3.63, 3.8) is 0 Å². The number of hydrogen-bond donors (Lipinski definition) is 3. The molecular formula is C20H21BrF2N4O2. The van der Waals surface area contributed by atoms with Gasteiger partial charge in [-0.1, -0.05) is 0 Å². The molecule has 0 aliphatic rings. The van der Waals surface area contributed by atoms with Crippen molar-refractivity contribution in [2.45, 2.75) is 12.8 Å². The highest BCUT2D eigenvalue weighted by Gasteiger charge is 2.13. The lowest BCUT2D eigenvalue weighted by Gasteiger charge is -2.10. The molecule has 0 radical (unpaired) electrons. The van der Waals surface area contributed by atoms with Gasteiger partial charge in [-0.25, -0.2) is 13.8 Å². The number of aromatic nitrogens is 2. The van der Waals surface area contributed by atoms with Gasteiger partial charge in [0.05, 0.1) is 16.6 Å². The first-order valence-corrected chi connectivity index (χ1v) is 9.99. The van der Waals surface area contributed by atoms with Gasteiger partial charge in [-0.3, -0.25) is 4.79 Å². The topological polar surface area (TPSA) is 93.0 Å². The second kappa shape index (κ2) is 9.91. The van der Waals surface area contributed by atoms with Gasteiger partial charge in [-0.05, 0) is 65.6 Å². The van der Waals surface area contributed by atoms with E-state index in [4.69, 9.17) is 10.5 Å². The fourth-order valence-electron chi connectivity index (χ4n) is 2.79. The molecule has 9 heteroatoms. The highest BCUT2D eigenvalue weighted by molar-refractivity contribution is 9.10. The van der Waals surface area contributed by atoms with Crippen LogP contribution in [0.1, 0.15) is 12.8 Å². The number of aromatic amines is 1. The number of rotatable bonds is 9. The molecule has 6 nitrogen and oxygen atoms in total. The number of halogens is 3. The predicted molar refractivity (Wildman–Crippen MR) is 113 cm³/mol. The standard InChI is InChI=1S/C20H21BrF2N4O2/c21-15-9-12(22)3-4-13(15)19-26-17-11-18(16(23)10-14(17)20(28)27-19)25-6-2-8-29-7-1-5-24/h3-4,9-11,25H,1-2,5-8,24H2,(H,26,27,28). The lowest BCUT2D eigenvalue weighted by atomic mass is 10.1. The Kier molecular flexibility index (Phi) is 7.29. The van der Waals surface area contributed by atoms with Crippen molar-refractivity contribution in [1.29, 1.82) is 0 Å². The Hall–Kier alpha value is -2.36. The molecule has 4 N–H and O–H groups in total. The van der Waals surface area contributed by atoms with Gasteiger partial charge in [-0.2, -0.15) is 0 Å². The minimum Gasteiger partial charge on any atom is -0.383 e. The van der Waals surface area contributed by atoms with Gasteiger partial charge in [0.15, 0.2) is 0 Å². The van der Waals surface area contributed by atoms with E-state index in [1.54, 1.807) is 0 Å². The Morgan fingerprint density at radius 3 is 2.72 bits per heavy atom. The van der Waals surface area contributed by atoms with Crippen molar-refractivity contribution in [3.8, 4) is 11.4 Å². The average molecular weight is 467 g/mol. The van der Waals surface area contributed by atoms with Gasteiger partial charge in [-0.15, -0.1) is 0 Å². The van der Waals surface area contributed by atoms with Crippen LogP contribution in [0.4, 0.5) is 14.5 Å². The normalized spacial score (nSPS) is 11.2. The molecule has 1 heterocycles. The summed E-state index contributed by atoms with van der Waals surface area (Å²) in [7, 11) is 0. The van der Waals surface area contributed by atoms with E-state index < -0.39 is 17.2 Å². The van der Waals surface area contributed by atoms with E-state index in [2.05, 4.69) is 31.2 Å². The Balaban J connectivity index is 1.80. The molecule has 0 atom stereocenters. The Bertz CT molecular complexity index is 1060. The van der Waals surface area contributed by atoms with Gasteiger partial charge in [0.25, 0.3) is 5.56 Å². The van der Waals surface area contributed by atoms with Crippen molar-refractivity contribution in [2.75, 3.05) is 31.6 Å². The minimum absolute atomic E-state index is 0.139. The number of ether oxygens (including phenoxy) is 1. The molecule has 0 spiro atoms. The molecule has 29 heavy (non-hydrogen) atoms. The maximum Gasteiger partial charge on any atom is 0.259 e. The van der Waals surface area contributed by atoms with Crippen LogP contribution in [-0.2, 0) is 4.74 Å². The molecule has 0 aliphatic carbocycles. The SMILES string of the molecule is NCCCOCCCNc1cc2nc(-c3ccc(F)cc3Br)[nH]c(=O)c2cc1F. The van der Waals surface area contributed by atoms with Crippen molar-refractivity contribution in [1.82, 2.24) is 9.97 Å². The van der Waals surface area contributed by atoms with Crippen molar-refractivity contribution < 1.29 is 13.5 Å². The molecule has 0 unspecified atom stereocenters. The fourth-order valence-corrected chi connectivity index (χ4v) is 3.33. The first-order chi connectivity index (χ1) is 14.0. The molecule has 0 bridgehead atoms. The van der Waals surface area contributed by atoms with Crippen LogP contribution in [0.5, 0.6) is 0 Å². The summed E-state index contributed by atoms with van der Waals surface area (Å²) < 4.78 is 33.6. The number of anilines is 1. The van der Waals surface area contributed by atoms with Crippen molar-refractivity contribution in [3.05, 3.63) is 56.8 Å². The molecule has 0 saturated carbocycles. The molecule has 0 amide bonds. The molecule has 0 aliphatic heterocycles. The summed E-state index contributed by atoms with van der Waals surface area (Å²) in [6.07, 6.45) is 1.50. The largest absolute Gasteiger partial charge is 0.383 e. The summed E-state index contributed by atoms with van der Waals surface area (Å²) in [5.41, 5.74) is 6.04. The number of nitrogens with zero attached hydrogens (tertiary/aromatic N) is 1. The minimum atomic E-state index is -0.537. The third kappa shape index (κ3) is 5.37. The molecule has 1 aromatic heterocycles. The first kappa shape index (κ1) is 21.4. The van der Waals surface area contributed by atoms with Gasteiger partial charge in [0, 0.05) is 29.8 Å². The zero-order valence-corrected chi connectivity index (χ0v) is 17.2. The highest BCUT2D eigenvalue weighted by atomic mass is 79.9. The smallest absolute Gasteiger partial charge is 0.259 e. The van der Waals surface area contributed by atoms with Crippen LogP contribution < -0.4 is 16.6 Å². The summed E-state index contributed by atoms with van der Waals surface area (Å²) in [5.74, 6) is -0.686. The molecule has 3 rings (SSSR count). The summed E-state index contributed by atoms with van der Waals surface area (Å²) in [4.78, 5) is 19.4. The second-order valence-corrected chi connectivity index (χ2v) is 7.28. The maximum atomic E-state index is 14.4. The summed E-state index contributed by atoms with van der Waals surface area (Å²) >= 11 is 3.27. The van der Waals surface area contributed by atoms with E-state index in [1.165, 1.54) is 24.3 Å². The van der Waals surface area contributed by atoms with Gasteiger partial charge >= 0.3 is 0 Å². The van der Waals surface area contributed by atoms with E-state index in [-0.39, 0.29) is 16.9 Å². The Morgan fingerprint density at radius 1 is 1.17 bits per heavy atom. The van der Waals surface area contributed by atoms with Gasteiger partial charge in [0.1, 0.15) is 17.5 Å². The molecule has 0 saturated heterocycles. The second-order valence-electron chi connectivity index (χ2n) is 6.42. The summed E-state index contributed by atoms with van der Waals surface area (Å²) in [6, 6.07) is 6.72. The lowest BCUT2D eigenvalue weighted by molar-refractivity contribution is 0.133. The fraction of sp³-hybridized carbons (Fsp3) is 0.300. The molecule has 2 aromatic carbocycles. The van der Waals surface area contributed by atoms with E-state index >= 15 is 0 Å². The van der Waals surface area contributed by atoms with Crippen LogP contribution in [0.3, 0.4) is 0 Å². The number of hydrogen-bond acceptors (Lipinski definition) is 5. The van der Waals surface area contributed by atoms with Crippen molar-refractivity contribution >= 4 is 32.5 Å². The Labute approximate surface area is 174 Å². The molecule has 154 valence electrons. The quantitative estimate of drug-likeness (QED) is 0.417. The highest BCUT2D eigenvalue weighted by Crippen LogP contribution is 2.27. The molecule has 0 fully saturated rings. The molecular weight excluding hydrogens is 446 g/mol. The third-order valence-electron chi connectivity index (χ3n) is 4.25. The number of nitrogens with two attached hydrogens (primary N) is 1. The van der Waals surface area contributed by atoms with Crippen LogP contribution in [0.15, 0.2) is 39.6 Å². The van der Waals surface area contributed by atoms with E-state index in [9.17, 15) is 13.6 Å². The number of nitrogens with one attached hydrogen (secondary N) is 2. The van der Waals surface area contributed by atoms with E-state index in [0.29, 0.717) is 48.3 Å². The average Bonchev–Trinajstić information content (AvgIpc) is 2.68. The van der Waals surface area contributed by atoms with E-state index in [1.807, 2.05) is 0 Å². The zero-order valence-electron chi connectivity index (χ0n) is 15.6. The monoisotopic (exact) mass is 466 g/mol. The molecule has 3 aromatic rings. The van der Waals surface area contributed by atoms with Gasteiger partial charge in [0.2, 0.25) is 0 Å². The lowest BCUT2D eigenvalue weighted by Crippen LogP contribution is -2.12. The van der Waals surface area contributed by atoms with Crippen LogP contribution >= 0.6 is 15.9 Å². The zero-order chi connectivity index (χ0) is 20.8. The van der Waals surface area contributed by atoms with Crippen LogP contribution in [0, 0.1) is 11.6 Å². The first-order valence-electron chi connectivity index (χ1n) is 9.20. The number of H-pyrrole nitrogens is 1.